The van der Waals surface area contributed by atoms with E-state index in [4.69, 9.17) is 9.97 Å². The maximum absolute atomic E-state index is 12.0. The molecule has 2 aliphatic rings. The Labute approximate surface area is 169 Å². The van der Waals surface area contributed by atoms with Crippen molar-refractivity contribution < 1.29 is 4.79 Å². The highest BCUT2D eigenvalue weighted by Crippen LogP contribution is 2.29. The van der Waals surface area contributed by atoms with Gasteiger partial charge in [-0.2, -0.15) is 4.98 Å². The summed E-state index contributed by atoms with van der Waals surface area (Å²) < 4.78 is 0. The molecule has 3 rings (SSSR count). The van der Waals surface area contributed by atoms with Crippen LogP contribution in [0.4, 0.5) is 11.8 Å². The summed E-state index contributed by atoms with van der Waals surface area (Å²) in [4.78, 5) is 23.8. The summed E-state index contributed by atoms with van der Waals surface area (Å²) in [6.07, 6.45) is 12.7. The molecule has 2 N–H and O–H groups in total. The van der Waals surface area contributed by atoms with Gasteiger partial charge in [-0.1, -0.05) is 19.8 Å². The predicted octanol–water partition coefficient (Wildman–Crippen LogP) is 3.84. The van der Waals surface area contributed by atoms with Crippen LogP contribution in [0.2, 0.25) is 0 Å². The highest BCUT2D eigenvalue weighted by molar-refractivity contribution is 5.76. The van der Waals surface area contributed by atoms with Crippen molar-refractivity contribution in [2.45, 2.75) is 96.1 Å². The average molecular weight is 388 g/mol. The molecule has 0 unspecified atom stereocenters. The van der Waals surface area contributed by atoms with Gasteiger partial charge in [0.2, 0.25) is 11.9 Å². The number of aromatic nitrogens is 2. The Hall–Kier alpha value is -1.85. The van der Waals surface area contributed by atoms with E-state index in [1.807, 2.05) is 0 Å². The minimum absolute atomic E-state index is 0.221. The van der Waals surface area contributed by atoms with Gasteiger partial charge in [-0.05, 0) is 57.8 Å². The van der Waals surface area contributed by atoms with E-state index >= 15 is 0 Å². The van der Waals surface area contributed by atoms with Crippen LogP contribution in [0.3, 0.4) is 0 Å². The number of carbonyl (C=O) groups excluding carboxylic acids is 1. The van der Waals surface area contributed by atoms with Gasteiger partial charge in [0.15, 0.2) is 0 Å². The molecule has 0 spiro atoms. The van der Waals surface area contributed by atoms with Crippen molar-refractivity contribution in [2.24, 2.45) is 0 Å². The second-order valence-corrected chi connectivity index (χ2v) is 8.62. The first-order chi connectivity index (χ1) is 13.6. The Morgan fingerprint density at radius 2 is 1.75 bits per heavy atom. The maximum atomic E-state index is 12.0. The lowest BCUT2D eigenvalue weighted by atomic mass is 9.91. The number of hydrogen-bond donors (Lipinski definition) is 2. The van der Waals surface area contributed by atoms with Gasteiger partial charge in [0, 0.05) is 38.2 Å². The van der Waals surface area contributed by atoms with Crippen molar-refractivity contribution in [3.63, 3.8) is 0 Å². The summed E-state index contributed by atoms with van der Waals surface area (Å²) >= 11 is 0. The molecule has 2 aliphatic carbocycles. The van der Waals surface area contributed by atoms with Gasteiger partial charge in [-0.3, -0.25) is 4.79 Å². The lowest BCUT2D eigenvalue weighted by Gasteiger charge is -2.30. The second kappa shape index (κ2) is 10.1. The number of nitrogens with zero attached hydrogens (tertiary/aromatic N) is 3. The zero-order valence-corrected chi connectivity index (χ0v) is 17.9. The Balaban J connectivity index is 1.52. The molecule has 6 heteroatoms. The third-order valence-corrected chi connectivity index (χ3v) is 6.02. The van der Waals surface area contributed by atoms with E-state index in [2.05, 4.69) is 36.6 Å². The molecule has 1 heterocycles. The molecule has 0 aliphatic heterocycles. The number of aryl methyl sites for hydroxylation is 1. The van der Waals surface area contributed by atoms with Gasteiger partial charge >= 0.3 is 0 Å². The van der Waals surface area contributed by atoms with Gasteiger partial charge < -0.3 is 15.5 Å². The molecule has 0 bridgehead atoms. The minimum Gasteiger partial charge on any atom is -0.362 e. The van der Waals surface area contributed by atoms with Crippen molar-refractivity contribution in [1.82, 2.24) is 15.3 Å². The van der Waals surface area contributed by atoms with E-state index < -0.39 is 0 Å². The van der Waals surface area contributed by atoms with Crippen molar-refractivity contribution in [2.75, 3.05) is 24.3 Å². The lowest BCUT2D eigenvalue weighted by Crippen LogP contribution is -2.40. The first kappa shape index (κ1) is 20.9. The summed E-state index contributed by atoms with van der Waals surface area (Å²) in [5, 5.41) is 6.80. The molecule has 0 atom stereocenters. The van der Waals surface area contributed by atoms with E-state index in [1.165, 1.54) is 24.1 Å². The van der Waals surface area contributed by atoms with Crippen LogP contribution in [0.1, 0.15) is 82.4 Å². The van der Waals surface area contributed by atoms with E-state index in [-0.39, 0.29) is 5.91 Å². The predicted molar refractivity (Wildman–Crippen MR) is 115 cm³/mol. The molecule has 28 heavy (non-hydrogen) atoms. The van der Waals surface area contributed by atoms with Crippen molar-refractivity contribution >= 4 is 17.7 Å². The number of anilines is 2. The van der Waals surface area contributed by atoms with E-state index in [1.54, 1.807) is 0 Å². The molecule has 156 valence electrons. The van der Waals surface area contributed by atoms with Gasteiger partial charge in [0.05, 0.1) is 5.69 Å². The van der Waals surface area contributed by atoms with Crippen LogP contribution in [0, 0.1) is 0 Å². The van der Waals surface area contributed by atoms with Crippen molar-refractivity contribution in [3.8, 4) is 0 Å². The van der Waals surface area contributed by atoms with Gasteiger partial charge in [-0.25, -0.2) is 4.98 Å². The third kappa shape index (κ3) is 5.58. The monoisotopic (exact) mass is 387 g/mol. The summed E-state index contributed by atoms with van der Waals surface area (Å²) in [5.74, 6) is 2.06. The molecule has 1 amide bonds. The molecular formula is C22H37N5O. The topological polar surface area (TPSA) is 70.2 Å². The summed E-state index contributed by atoms with van der Waals surface area (Å²) in [6.45, 7) is 2.17. The van der Waals surface area contributed by atoms with E-state index in [0.717, 1.165) is 69.6 Å². The molecule has 1 aromatic heterocycles. The molecule has 0 saturated heterocycles. The van der Waals surface area contributed by atoms with Crippen LogP contribution in [0.15, 0.2) is 0 Å². The third-order valence-electron chi connectivity index (χ3n) is 6.02. The molecule has 0 radical (unpaired) electrons. The fraction of sp³-hybridized carbons (Fsp3) is 0.773. The number of nitrogens with one attached hydrogen (secondary N) is 2. The summed E-state index contributed by atoms with van der Waals surface area (Å²) in [5.41, 5.74) is 2.55. The Bertz CT molecular complexity index is 653. The lowest BCUT2D eigenvalue weighted by molar-refractivity contribution is -0.122. The number of unbranched alkanes of at least 4 members (excludes halogenated alkanes) is 2. The molecule has 0 aromatic carbocycles. The van der Waals surface area contributed by atoms with Crippen LogP contribution in [0.5, 0.6) is 0 Å². The first-order valence-corrected chi connectivity index (χ1v) is 11.2. The molecule has 6 nitrogen and oxygen atoms in total. The highest BCUT2D eigenvalue weighted by Gasteiger charge is 2.24. The molecule has 1 fully saturated rings. The van der Waals surface area contributed by atoms with Crippen LogP contribution in [0.25, 0.3) is 0 Å². The average Bonchev–Trinajstić information content (AvgIpc) is 2.69. The van der Waals surface area contributed by atoms with Crippen LogP contribution in [-0.2, 0) is 17.6 Å². The van der Waals surface area contributed by atoms with Crippen LogP contribution < -0.4 is 15.5 Å². The normalized spacial score (nSPS) is 21.7. The summed E-state index contributed by atoms with van der Waals surface area (Å²) in [6, 6.07) is 0.721. The van der Waals surface area contributed by atoms with Crippen molar-refractivity contribution in [3.05, 3.63) is 11.3 Å². The quantitative estimate of drug-likeness (QED) is 0.663. The number of hydrogen-bond acceptors (Lipinski definition) is 5. The number of carbonyl (C=O) groups is 1. The molecular weight excluding hydrogens is 350 g/mol. The van der Waals surface area contributed by atoms with Gasteiger partial charge in [0.1, 0.15) is 5.82 Å². The molecule has 1 saturated carbocycles. The summed E-state index contributed by atoms with van der Waals surface area (Å²) in [7, 11) is 4.13. The Morgan fingerprint density at radius 1 is 1.04 bits per heavy atom. The number of fused-ring (bicyclic) bond motifs is 1. The Kier molecular flexibility index (Phi) is 7.51. The highest BCUT2D eigenvalue weighted by atomic mass is 16.1. The van der Waals surface area contributed by atoms with Crippen LogP contribution in [-0.4, -0.2) is 42.1 Å². The fourth-order valence-electron chi connectivity index (χ4n) is 4.41. The SMILES string of the molecule is CCCCCC(=O)N[C@H]1CC[C@@H](Nc2nc3c(c(N(C)C)n2)CCCC3)CC1. The minimum atomic E-state index is 0.221. The standard InChI is InChI=1S/C22H37N5O/c1-4-5-6-11-20(28)23-16-12-14-17(15-13-16)24-22-25-19-10-8-7-9-18(19)21(26-22)27(2)3/h16-17H,4-15H2,1-3H3,(H,23,28)(H,24,25,26)/t16-,17+. The van der Waals surface area contributed by atoms with Gasteiger partial charge in [0.25, 0.3) is 0 Å². The van der Waals surface area contributed by atoms with Crippen molar-refractivity contribution in [1.29, 1.82) is 0 Å². The van der Waals surface area contributed by atoms with Gasteiger partial charge in [-0.15, -0.1) is 0 Å². The largest absolute Gasteiger partial charge is 0.362 e. The van der Waals surface area contributed by atoms with E-state index in [9.17, 15) is 4.79 Å². The smallest absolute Gasteiger partial charge is 0.225 e. The fourth-order valence-corrected chi connectivity index (χ4v) is 4.41. The number of rotatable bonds is 8. The van der Waals surface area contributed by atoms with E-state index in [0.29, 0.717) is 18.5 Å². The Morgan fingerprint density at radius 3 is 2.46 bits per heavy atom. The van der Waals surface area contributed by atoms with Crippen LogP contribution >= 0.6 is 0 Å². The zero-order valence-electron chi connectivity index (χ0n) is 17.9. The number of amides is 1. The second-order valence-electron chi connectivity index (χ2n) is 8.62. The first-order valence-electron chi connectivity index (χ1n) is 11.2. The maximum Gasteiger partial charge on any atom is 0.225 e. The zero-order chi connectivity index (χ0) is 19.9. The molecule has 1 aromatic rings.